The lowest BCUT2D eigenvalue weighted by Gasteiger charge is -2.18. The number of anilines is 1. The monoisotopic (exact) mass is 206 g/mol. The van der Waals surface area contributed by atoms with Gasteiger partial charge in [-0.15, -0.1) is 0 Å². The van der Waals surface area contributed by atoms with Crippen molar-refractivity contribution in [2.45, 2.75) is 19.4 Å². The van der Waals surface area contributed by atoms with Gasteiger partial charge in [-0.25, -0.2) is 4.98 Å². The van der Waals surface area contributed by atoms with Crippen molar-refractivity contribution in [2.75, 3.05) is 11.9 Å². The number of benzene rings is 1. The van der Waals surface area contributed by atoms with Gasteiger partial charge >= 0.3 is 0 Å². The second kappa shape index (κ2) is 3.55. The second-order valence-corrected chi connectivity index (χ2v) is 4.20. The topological polar surface area (TPSA) is 58.3 Å². The summed E-state index contributed by atoms with van der Waals surface area (Å²) < 4.78 is 5.18. The standard InChI is InChI=1S/C11H14N2O2/c1-11(2,14)6-12-8-3-4-9-10(5-8)15-7-13-9/h3-5,7,12,14H,6H2,1-2H3. The van der Waals surface area contributed by atoms with E-state index >= 15 is 0 Å². The maximum absolute atomic E-state index is 9.55. The van der Waals surface area contributed by atoms with Gasteiger partial charge in [-0.1, -0.05) is 0 Å². The van der Waals surface area contributed by atoms with E-state index in [0.29, 0.717) is 6.54 Å². The van der Waals surface area contributed by atoms with Crippen LogP contribution >= 0.6 is 0 Å². The lowest BCUT2D eigenvalue weighted by Crippen LogP contribution is -2.29. The first-order valence-electron chi connectivity index (χ1n) is 4.84. The molecule has 1 heterocycles. The molecule has 15 heavy (non-hydrogen) atoms. The Bertz CT molecular complexity index is 457. The van der Waals surface area contributed by atoms with Crippen molar-refractivity contribution >= 4 is 16.8 Å². The molecule has 0 aliphatic heterocycles. The smallest absolute Gasteiger partial charge is 0.181 e. The Labute approximate surface area is 87.9 Å². The highest BCUT2D eigenvalue weighted by molar-refractivity contribution is 5.76. The molecule has 2 N–H and O–H groups in total. The number of aliphatic hydroxyl groups is 1. The molecule has 2 aromatic rings. The third-order valence-corrected chi connectivity index (χ3v) is 2.06. The highest BCUT2D eigenvalue weighted by Gasteiger charge is 2.11. The van der Waals surface area contributed by atoms with E-state index in [-0.39, 0.29) is 0 Å². The first-order chi connectivity index (χ1) is 7.04. The summed E-state index contributed by atoms with van der Waals surface area (Å²) in [6.45, 7) is 4.01. The van der Waals surface area contributed by atoms with Gasteiger partial charge in [-0.2, -0.15) is 0 Å². The first kappa shape index (κ1) is 9.98. The van der Waals surface area contributed by atoms with E-state index in [2.05, 4.69) is 10.3 Å². The van der Waals surface area contributed by atoms with Gasteiger partial charge in [0.1, 0.15) is 5.52 Å². The average Bonchev–Trinajstić information content (AvgIpc) is 2.60. The number of hydrogen-bond donors (Lipinski definition) is 2. The predicted molar refractivity (Wildman–Crippen MR) is 58.8 cm³/mol. The van der Waals surface area contributed by atoms with Gasteiger partial charge in [0.25, 0.3) is 0 Å². The fourth-order valence-corrected chi connectivity index (χ4v) is 1.28. The molecule has 4 heteroatoms. The third kappa shape index (κ3) is 2.47. The van der Waals surface area contributed by atoms with Crippen molar-refractivity contribution < 1.29 is 9.52 Å². The van der Waals surface area contributed by atoms with E-state index in [9.17, 15) is 5.11 Å². The fraction of sp³-hybridized carbons (Fsp3) is 0.364. The zero-order valence-electron chi connectivity index (χ0n) is 8.82. The van der Waals surface area contributed by atoms with Crippen LogP contribution in [0.5, 0.6) is 0 Å². The highest BCUT2D eigenvalue weighted by Crippen LogP contribution is 2.18. The van der Waals surface area contributed by atoms with Crippen LogP contribution in [0.2, 0.25) is 0 Å². The van der Waals surface area contributed by atoms with E-state index in [0.717, 1.165) is 16.8 Å². The van der Waals surface area contributed by atoms with Crippen molar-refractivity contribution in [1.82, 2.24) is 4.98 Å². The Morgan fingerprint density at radius 2 is 2.27 bits per heavy atom. The predicted octanol–water partition coefficient (Wildman–Crippen LogP) is 2.01. The fourth-order valence-electron chi connectivity index (χ4n) is 1.28. The van der Waals surface area contributed by atoms with Crippen LogP contribution in [0.1, 0.15) is 13.8 Å². The Balaban J connectivity index is 2.15. The minimum atomic E-state index is -0.726. The molecule has 2 rings (SSSR count). The van der Waals surface area contributed by atoms with Crippen molar-refractivity contribution in [3.8, 4) is 0 Å². The van der Waals surface area contributed by atoms with Gasteiger partial charge in [-0.3, -0.25) is 0 Å². The van der Waals surface area contributed by atoms with Crippen molar-refractivity contribution in [3.63, 3.8) is 0 Å². The molecule has 0 unspecified atom stereocenters. The maximum Gasteiger partial charge on any atom is 0.181 e. The summed E-state index contributed by atoms with van der Waals surface area (Å²) >= 11 is 0. The summed E-state index contributed by atoms with van der Waals surface area (Å²) in [5.41, 5.74) is 1.78. The minimum absolute atomic E-state index is 0.493. The molecule has 0 amide bonds. The Morgan fingerprint density at radius 3 is 3.00 bits per heavy atom. The van der Waals surface area contributed by atoms with Crippen molar-refractivity contribution in [3.05, 3.63) is 24.6 Å². The molecule has 1 aromatic carbocycles. The molecule has 0 saturated carbocycles. The molecule has 0 spiro atoms. The molecule has 80 valence electrons. The zero-order valence-corrected chi connectivity index (χ0v) is 8.82. The van der Waals surface area contributed by atoms with Gasteiger partial charge in [0.05, 0.1) is 5.60 Å². The van der Waals surface area contributed by atoms with Gasteiger partial charge in [0.2, 0.25) is 0 Å². The van der Waals surface area contributed by atoms with Crippen molar-refractivity contribution in [1.29, 1.82) is 0 Å². The van der Waals surface area contributed by atoms with Crippen LogP contribution in [-0.4, -0.2) is 22.2 Å². The number of aromatic nitrogens is 1. The van der Waals surface area contributed by atoms with Crippen LogP contribution in [0.3, 0.4) is 0 Å². The summed E-state index contributed by atoms with van der Waals surface area (Å²) in [6, 6.07) is 5.66. The molecule has 0 fully saturated rings. The molecule has 0 bridgehead atoms. The maximum atomic E-state index is 9.55. The first-order valence-corrected chi connectivity index (χ1v) is 4.84. The Morgan fingerprint density at radius 1 is 1.47 bits per heavy atom. The van der Waals surface area contributed by atoms with Crippen LogP contribution in [-0.2, 0) is 0 Å². The lowest BCUT2D eigenvalue weighted by molar-refractivity contribution is 0.0945. The summed E-state index contributed by atoms with van der Waals surface area (Å²) in [5, 5.41) is 12.7. The normalized spacial score (nSPS) is 11.9. The SMILES string of the molecule is CC(C)(O)CNc1ccc2ncoc2c1. The van der Waals surface area contributed by atoms with Crippen molar-refractivity contribution in [2.24, 2.45) is 0 Å². The molecule has 0 aliphatic carbocycles. The van der Waals surface area contributed by atoms with Crippen LogP contribution in [0.25, 0.3) is 11.1 Å². The van der Waals surface area contributed by atoms with Crippen LogP contribution in [0.4, 0.5) is 5.69 Å². The number of rotatable bonds is 3. The summed E-state index contributed by atoms with van der Waals surface area (Å²) in [6.07, 6.45) is 1.42. The molecular formula is C11H14N2O2. The third-order valence-electron chi connectivity index (χ3n) is 2.06. The molecule has 1 aromatic heterocycles. The average molecular weight is 206 g/mol. The van der Waals surface area contributed by atoms with E-state index < -0.39 is 5.60 Å². The van der Waals surface area contributed by atoms with Gasteiger partial charge in [-0.05, 0) is 26.0 Å². The molecule has 0 saturated heterocycles. The number of nitrogens with zero attached hydrogens (tertiary/aromatic N) is 1. The minimum Gasteiger partial charge on any atom is -0.443 e. The van der Waals surface area contributed by atoms with E-state index in [4.69, 9.17) is 4.42 Å². The summed E-state index contributed by atoms with van der Waals surface area (Å²) in [7, 11) is 0. The Kier molecular flexibility index (Phi) is 2.36. The van der Waals surface area contributed by atoms with E-state index in [1.54, 1.807) is 13.8 Å². The molecule has 4 nitrogen and oxygen atoms in total. The van der Waals surface area contributed by atoms with Gasteiger partial charge in [0, 0.05) is 18.3 Å². The zero-order chi connectivity index (χ0) is 10.9. The van der Waals surface area contributed by atoms with Crippen LogP contribution in [0, 0.1) is 0 Å². The quantitative estimate of drug-likeness (QED) is 0.806. The van der Waals surface area contributed by atoms with E-state index in [1.807, 2.05) is 18.2 Å². The largest absolute Gasteiger partial charge is 0.443 e. The number of hydrogen-bond acceptors (Lipinski definition) is 4. The Hall–Kier alpha value is -1.55. The van der Waals surface area contributed by atoms with Crippen LogP contribution < -0.4 is 5.32 Å². The second-order valence-electron chi connectivity index (χ2n) is 4.20. The van der Waals surface area contributed by atoms with Crippen LogP contribution in [0.15, 0.2) is 29.0 Å². The van der Waals surface area contributed by atoms with Gasteiger partial charge in [0.15, 0.2) is 12.0 Å². The summed E-state index contributed by atoms with van der Waals surface area (Å²) in [5.74, 6) is 0. The molecule has 0 aliphatic rings. The number of nitrogens with one attached hydrogen (secondary N) is 1. The molecule has 0 radical (unpaired) electrons. The highest BCUT2D eigenvalue weighted by atomic mass is 16.3. The molecular weight excluding hydrogens is 192 g/mol. The summed E-state index contributed by atoms with van der Waals surface area (Å²) in [4.78, 5) is 4.02. The number of oxazole rings is 1. The van der Waals surface area contributed by atoms with E-state index in [1.165, 1.54) is 6.39 Å². The van der Waals surface area contributed by atoms with Gasteiger partial charge < -0.3 is 14.8 Å². The molecule has 0 atom stereocenters. The number of fused-ring (bicyclic) bond motifs is 1. The lowest BCUT2D eigenvalue weighted by atomic mass is 10.1.